The van der Waals surface area contributed by atoms with Crippen molar-refractivity contribution >= 4 is 15.9 Å². The molecule has 0 unspecified atom stereocenters. The third-order valence-electron chi connectivity index (χ3n) is 1.68. The Hall–Kier alpha value is -0.500. The molecule has 0 fully saturated rings. The zero-order valence-electron chi connectivity index (χ0n) is 7.22. The van der Waals surface area contributed by atoms with Crippen molar-refractivity contribution in [3.63, 3.8) is 0 Å². The van der Waals surface area contributed by atoms with E-state index in [0.29, 0.717) is 0 Å². The van der Waals surface area contributed by atoms with Gasteiger partial charge in [0.15, 0.2) is 0 Å². The Kier molecular flexibility index (Phi) is 4.15. The second kappa shape index (κ2) is 5.20. The SMILES string of the molecule is CCc1ccc(OCCBr)cc1. The van der Waals surface area contributed by atoms with E-state index in [4.69, 9.17) is 4.74 Å². The van der Waals surface area contributed by atoms with Gasteiger partial charge in [0.05, 0.1) is 6.61 Å². The number of rotatable bonds is 4. The van der Waals surface area contributed by atoms with Gasteiger partial charge in [-0.3, -0.25) is 0 Å². The molecule has 0 bridgehead atoms. The minimum atomic E-state index is 0.728. The van der Waals surface area contributed by atoms with Crippen molar-refractivity contribution in [2.24, 2.45) is 0 Å². The fourth-order valence-electron chi connectivity index (χ4n) is 0.978. The lowest BCUT2D eigenvalue weighted by Gasteiger charge is -2.03. The van der Waals surface area contributed by atoms with Crippen LogP contribution in [-0.4, -0.2) is 11.9 Å². The summed E-state index contributed by atoms with van der Waals surface area (Å²) in [6, 6.07) is 8.23. The molecule has 0 saturated carbocycles. The first kappa shape index (κ1) is 9.59. The van der Waals surface area contributed by atoms with Crippen molar-refractivity contribution in [3.05, 3.63) is 29.8 Å². The Balaban J connectivity index is 2.53. The molecule has 2 heteroatoms. The molecule has 0 N–H and O–H groups in total. The quantitative estimate of drug-likeness (QED) is 0.721. The van der Waals surface area contributed by atoms with E-state index in [2.05, 4.69) is 35.0 Å². The van der Waals surface area contributed by atoms with Crippen LogP contribution in [0, 0.1) is 0 Å². The summed E-state index contributed by atoms with van der Waals surface area (Å²) in [5.74, 6) is 0.951. The largest absolute Gasteiger partial charge is 0.493 e. The highest BCUT2D eigenvalue weighted by Gasteiger charge is 1.92. The fraction of sp³-hybridized carbons (Fsp3) is 0.400. The van der Waals surface area contributed by atoms with Gasteiger partial charge in [-0.25, -0.2) is 0 Å². The lowest BCUT2D eigenvalue weighted by molar-refractivity contribution is 0.345. The van der Waals surface area contributed by atoms with Gasteiger partial charge < -0.3 is 4.74 Å². The molecule has 1 rings (SSSR count). The van der Waals surface area contributed by atoms with Crippen LogP contribution in [-0.2, 0) is 6.42 Å². The van der Waals surface area contributed by atoms with Crippen molar-refractivity contribution < 1.29 is 4.74 Å². The van der Waals surface area contributed by atoms with Crippen molar-refractivity contribution in [1.82, 2.24) is 0 Å². The van der Waals surface area contributed by atoms with Crippen LogP contribution in [0.5, 0.6) is 5.75 Å². The molecule has 0 aromatic heterocycles. The van der Waals surface area contributed by atoms with Crippen LogP contribution in [0.25, 0.3) is 0 Å². The van der Waals surface area contributed by atoms with Gasteiger partial charge in [0.25, 0.3) is 0 Å². The van der Waals surface area contributed by atoms with Crippen LogP contribution in [0.3, 0.4) is 0 Å². The minimum absolute atomic E-state index is 0.728. The third-order valence-corrected chi connectivity index (χ3v) is 2.00. The van der Waals surface area contributed by atoms with Crippen LogP contribution in [0.15, 0.2) is 24.3 Å². The smallest absolute Gasteiger partial charge is 0.119 e. The van der Waals surface area contributed by atoms with Crippen molar-refractivity contribution in [1.29, 1.82) is 0 Å². The number of alkyl halides is 1. The molecule has 1 nitrogen and oxygen atoms in total. The summed E-state index contributed by atoms with van der Waals surface area (Å²) < 4.78 is 5.41. The molecule has 0 aliphatic carbocycles. The highest BCUT2D eigenvalue weighted by molar-refractivity contribution is 9.09. The topological polar surface area (TPSA) is 9.23 Å². The fourth-order valence-corrected chi connectivity index (χ4v) is 1.14. The Morgan fingerprint density at radius 2 is 1.92 bits per heavy atom. The average molecular weight is 229 g/mol. The predicted octanol–water partition coefficient (Wildman–Crippen LogP) is 3.02. The highest BCUT2D eigenvalue weighted by atomic mass is 79.9. The summed E-state index contributed by atoms with van der Waals surface area (Å²) in [7, 11) is 0. The van der Waals surface area contributed by atoms with Crippen LogP contribution >= 0.6 is 15.9 Å². The summed E-state index contributed by atoms with van der Waals surface area (Å²) in [4.78, 5) is 0. The number of aryl methyl sites for hydroxylation is 1. The first-order valence-electron chi connectivity index (χ1n) is 4.14. The van der Waals surface area contributed by atoms with E-state index in [0.717, 1.165) is 24.1 Å². The maximum absolute atomic E-state index is 5.41. The lowest BCUT2D eigenvalue weighted by atomic mass is 10.2. The summed E-state index contributed by atoms with van der Waals surface area (Å²) in [5, 5.41) is 0.878. The van der Waals surface area contributed by atoms with Crippen molar-refractivity contribution in [3.8, 4) is 5.75 Å². The van der Waals surface area contributed by atoms with Gasteiger partial charge in [-0.05, 0) is 24.1 Å². The summed E-state index contributed by atoms with van der Waals surface area (Å²) in [6.45, 7) is 2.87. The predicted molar refractivity (Wildman–Crippen MR) is 55.1 cm³/mol. The maximum Gasteiger partial charge on any atom is 0.119 e. The molecule has 0 amide bonds. The molecule has 0 spiro atoms. The van der Waals surface area contributed by atoms with E-state index < -0.39 is 0 Å². The zero-order valence-corrected chi connectivity index (χ0v) is 8.80. The minimum Gasteiger partial charge on any atom is -0.493 e. The van der Waals surface area contributed by atoms with Gasteiger partial charge in [-0.2, -0.15) is 0 Å². The highest BCUT2D eigenvalue weighted by Crippen LogP contribution is 2.12. The van der Waals surface area contributed by atoms with E-state index in [1.807, 2.05) is 12.1 Å². The van der Waals surface area contributed by atoms with Gasteiger partial charge in [-0.15, -0.1) is 0 Å². The zero-order chi connectivity index (χ0) is 8.81. The number of hydrogen-bond donors (Lipinski definition) is 0. The van der Waals surface area contributed by atoms with Crippen molar-refractivity contribution in [2.45, 2.75) is 13.3 Å². The third kappa shape index (κ3) is 2.86. The van der Waals surface area contributed by atoms with Gasteiger partial charge in [0.1, 0.15) is 5.75 Å². The molecule has 0 atom stereocenters. The Labute approximate surface area is 81.9 Å². The van der Waals surface area contributed by atoms with E-state index in [1.165, 1.54) is 5.56 Å². The molecule has 12 heavy (non-hydrogen) atoms. The van der Waals surface area contributed by atoms with E-state index >= 15 is 0 Å². The molecule has 66 valence electrons. The molecule has 1 aromatic carbocycles. The Bertz CT molecular complexity index is 218. The van der Waals surface area contributed by atoms with Crippen LogP contribution < -0.4 is 4.74 Å². The molecular weight excluding hydrogens is 216 g/mol. The second-order valence-electron chi connectivity index (χ2n) is 2.53. The molecule has 0 saturated heterocycles. The van der Waals surface area contributed by atoms with E-state index in [-0.39, 0.29) is 0 Å². The summed E-state index contributed by atoms with van der Waals surface area (Å²) in [5.41, 5.74) is 1.35. The first-order valence-corrected chi connectivity index (χ1v) is 5.26. The van der Waals surface area contributed by atoms with E-state index in [1.54, 1.807) is 0 Å². The second-order valence-corrected chi connectivity index (χ2v) is 3.33. The standard InChI is InChI=1S/C10H13BrO/c1-2-9-3-5-10(6-4-9)12-8-7-11/h3-6H,2,7-8H2,1H3. The van der Waals surface area contributed by atoms with E-state index in [9.17, 15) is 0 Å². The molecule has 1 aromatic rings. The summed E-state index contributed by atoms with van der Waals surface area (Å²) in [6.07, 6.45) is 1.08. The van der Waals surface area contributed by atoms with Crippen LogP contribution in [0.1, 0.15) is 12.5 Å². The Morgan fingerprint density at radius 3 is 2.42 bits per heavy atom. The molecule has 0 heterocycles. The monoisotopic (exact) mass is 228 g/mol. The molecule has 0 aliphatic rings. The van der Waals surface area contributed by atoms with Gasteiger partial charge in [0, 0.05) is 5.33 Å². The average Bonchev–Trinajstić information content (AvgIpc) is 2.15. The number of halogens is 1. The van der Waals surface area contributed by atoms with Crippen molar-refractivity contribution in [2.75, 3.05) is 11.9 Å². The number of benzene rings is 1. The summed E-state index contributed by atoms with van der Waals surface area (Å²) >= 11 is 3.31. The van der Waals surface area contributed by atoms with Crippen LogP contribution in [0.4, 0.5) is 0 Å². The molecular formula is C10H13BrO. The first-order chi connectivity index (χ1) is 5.86. The lowest BCUT2D eigenvalue weighted by Crippen LogP contribution is -1.97. The van der Waals surface area contributed by atoms with Gasteiger partial charge in [-0.1, -0.05) is 35.0 Å². The molecule has 0 aliphatic heterocycles. The normalized spacial score (nSPS) is 9.83. The Morgan fingerprint density at radius 1 is 1.25 bits per heavy atom. The molecule has 0 radical (unpaired) electrons. The van der Waals surface area contributed by atoms with Gasteiger partial charge in [0.2, 0.25) is 0 Å². The number of hydrogen-bond acceptors (Lipinski definition) is 1. The maximum atomic E-state index is 5.41. The number of ether oxygens (including phenoxy) is 1. The van der Waals surface area contributed by atoms with Gasteiger partial charge >= 0.3 is 0 Å². The van der Waals surface area contributed by atoms with Crippen LogP contribution in [0.2, 0.25) is 0 Å².